The van der Waals surface area contributed by atoms with Crippen LogP contribution < -0.4 is 5.32 Å². The van der Waals surface area contributed by atoms with Crippen molar-refractivity contribution in [3.8, 4) is 0 Å². The third-order valence-electron chi connectivity index (χ3n) is 3.68. The lowest BCUT2D eigenvalue weighted by molar-refractivity contribution is -0.131. The highest BCUT2D eigenvalue weighted by Gasteiger charge is 2.33. The van der Waals surface area contributed by atoms with Crippen LogP contribution in [0.15, 0.2) is 24.3 Å². The van der Waals surface area contributed by atoms with Gasteiger partial charge in [0.2, 0.25) is 5.91 Å². The molecule has 1 aromatic rings. The number of alkyl halides is 2. The zero-order valence-electron chi connectivity index (χ0n) is 11.6. The average molecular weight is 282 g/mol. The summed E-state index contributed by atoms with van der Waals surface area (Å²) in [5.74, 6) is -0.191. The molecule has 1 aliphatic heterocycles. The van der Waals surface area contributed by atoms with E-state index < -0.39 is 6.43 Å². The van der Waals surface area contributed by atoms with Crippen LogP contribution in [0.5, 0.6) is 0 Å². The third kappa shape index (κ3) is 3.76. The number of likely N-dealkylation sites (tertiary alicyclic amines) is 1. The Morgan fingerprint density at radius 1 is 1.35 bits per heavy atom. The molecule has 0 spiro atoms. The summed E-state index contributed by atoms with van der Waals surface area (Å²) in [5, 5.41) is 2.90. The molecule has 20 heavy (non-hydrogen) atoms. The second-order valence-corrected chi connectivity index (χ2v) is 5.15. The number of hydrogen-bond acceptors (Lipinski definition) is 2. The summed E-state index contributed by atoms with van der Waals surface area (Å²) in [6.45, 7) is 3.22. The molecule has 0 aliphatic carbocycles. The first kappa shape index (κ1) is 14.9. The van der Waals surface area contributed by atoms with Crippen molar-refractivity contribution in [2.75, 3.05) is 19.6 Å². The summed E-state index contributed by atoms with van der Waals surface area (Å²) < 4.78 is 24.3. The predicted molar refractivity (Wildman–Crippen MR) is 73.6 cm³/mol. The fraction of sp³-hybridized carbons (Fsp3) is 0.533. The minimum Gasteiger partial charge on any atom is -0.352 e. The number of carbonyl (C=O) groups excluding carboxylic acids is 1. The van der Waals surface area contributed by atoms with Gasteiger partial charge in [0, 0.05) is 19.6 Å². The summed E-state index contributed by atoms with van der Waals surface area (Å²) >= 11 is 0. The van der Waals surface area contributed by atoms with Crippen molar-refractivity contribution in [2.24, 2.45) is 5.92 Å². The van der Waals surface area contributed by atoms with Gasteiger partial charge in [0.05, 0.1) is 12.5 Å². The van der Waals surface area contributed by atoms with E-state index in [2.05, 4.69) is 18.3 Å². The van der Waals surface area contributed by atoms with Gasteiger partial charge in [-0.15, -0.1) is 0 Å². The Morgan fingerprint density at radius 2 is 2.00 bits per heavy atom. The highest BCUT2D eigenvalue weighted by atomic mass is 19.3. The van der Waals surface area contributed by atoms with Gasteiger partial charge in [-0.3, -0.25) is 9.69 Å². The molecular weight excluding hydrogens is 262 g/mol. The number of amides is 1. The van der Waals surface area contributed by atoms with Crippen LogP contribution in [0.3, 0.4) is 0 Å². The first-order valence-electron chi connectivity index (χ1n) is 6.95. The average Bonchev–Trinajstić information content (AvgIpc) is 2.39. The maximum atomic E-state index is 12.1. The van der Waals surface area contributed by atoms with Gasteiger partial charge in [-0.25, -0.2) is 8.78 Å². The van der Waals surface area contributed by atoms with Crippen molar-refractivity contribution in [2.45, 2.75) is 26.3 Å². The lowest BCUT2D eigenvalue weighted by Crippen LogP contribution is -2.54. The first-order valence-corrected chi connectivity index (χ1v) is 6.95. The first-order chi connectivity index (χ1) is 9.60. The molecule has 5 heteroatoms. The van der Waals surface area contributed by atoms with Gasteiger partial charge in [-0.05, 0) is 17.5 Å². The van der Waals surface area contributed by atoms with Crippen LogP contribution in [-0.2, 0) is 17.8 Å². The molecule has 1 saturated heterocycles. The Bertz CT molecular complexity index is 459. The van der Waals surface area contributed by atoms with Gasteiger partial charge < -0.3 is 5.32 Å². The van der Waals surface area contributed by atoms with Crippen molar-refractivity contribution in [1.82, 2.24) is 10.2 Å². The molecule has 1 heterocycles. The highest BCUT2D eigenvalue weighted by molar-refractivity contribution is 5.80. The molecule has 0 aromatic heterocycles. The molecule has 3 nitrogen and oxygen atoms in total. The molecule has 1 fully saturated rings. The molecule has 1 amide bonds. The quantitative estimate of drug-likeness (QED) is 0.866. The minimum absolute atomic E-state index is 0.0403. The topological polar surface area (TPSA) is 32.3 Å². The lowest BCUT2D eigenvalue weighted by Gasteiger charge is -2.37. The van der Waals surface area contributed by atoms with Crippen molar-refractivity contribution < 1.29 is 13.6 Å². The van der Waals surface area contributed by atoms with E-state index in [0.29, 0.717) is 19.6 Å². The smallest absolute Gasteiger partial charge is 0.251 e. The van der Waals surface area contributed by atoms with E-state index in [4.69, 9.17) is 0 Å². The van der Waals surface area contributed by atoms with Crippen molar-refractivity contribution in [3.63, 3.8) is 0 Å². The van der Waals surface area contributed by atoms with E-state index in [1.807, 2.05) is 18.2 Å². The normalized spacial score (nSPS) is 16.2. The van der Waals surface area contributed by atoms with Crippen LogP contribution in [-0.4, -0.2) is 36.9 Å². The maximum absolute atomic E-state index is 12.1. The standard InChI is InChI=1S/C15H20F2N2O/c1-2-11-5-3-4-6-12(11)7-18-15(20)13-8-19(9-13)10-14(16)17/h3-6,13-14H,2,7-10H2,1H3,(H,18,20). The second kappa shape index (κ2) is 6.79. The largest absolute Gasteiger partial charge is 0.352 e. The highest BCUT2D eigenvalue weighted by Crippen LogP contribution is 2.17. The van der Waals surface area contributed by atoms with E-state index in [9.17, 15) is 13.6 Å². The second-order valence-electron chi connectivity index (χ2n) is 5.15. The van der Waals surface area contributed by atoms with Gasteiger partial charge in [0.1, 0.15) is 0 Å². The van der Waals surface area contributed by atoms with Crippen LogP contribution in [0.4, 0.5) is 8.78 Å². The summed E-state index contributed by atoms with van der Waals surface area (Å²) in [4.78, 5) is 13.5. The van der Waals surface area contributed by atoms with E-state index in [1.165, 1.54) is 5.56 Å². The molecule has 2 rings (SSSR count). The van der Waals surface area contributed by atoms with E-state index in [1.54, 1.807) is 4.90 Å². The van der Waals surface area contributed by atoms with Gasteiger partial charge in [-0.1, -0.05) is 31.2 Å². The number of nitrogens with zero attached hydrogens (tertiary/aromatic N) is 1. The number of halogens is 2. The number of hydrogen-bond donors (Lipinski definition) is 1. The van der Waals surface area contributed by atoms with Crippen molar-refractivity contribution in [3.05, 3.63) is 35.4 Å². The van der Waals surface area contributed by atoms with E-state index >= 15 is 0 Å². The molecule has 0 saturated carbocycles. The van der Waals surface area contributed by atoms with E-state index in [-0.39, 0.29) is 18.4 Å². The van der Waals surface area contributed by atoms with Crippen molar-refractivity contribution >= 4 is 5.91 Å². The van der Waals surface area contributed by atoms with Crippen LogP contribution in [0, 0.1) is 5.92 Å². The fourth-order valence-corrected chi connectivity index (χ4v) is 2.48. The molecule has 1 aromatic carbocycles. The van der Waals surface area contributed by atoms with Gasteiger partial charge in [-0.2, -0.15) is 0 Å². The summed E-state index contributed by atoms with van der Waals surface area (Å²) in [7, 11) is 0. The number of nitrogens with one attached hydrogen (secondary N) is 1. The monoisotopic (exact) mass is 282 g/mol. The Kier molecular flexibility index (Phi) is 5.06. The summed E-state index contributed by atoms with van der Waals surface area (Å²) in [6.07, 6.45) is -1.40. The molecule has 0 radical (unpaired) electrons. The number of rotatable bonds is 6. The Labute approximate surface area is 118 Å². The van der Waals surface area contributed by atoms with Crippen LogP contribution in [0.25, 0.3) is 0 Å². The zero-order valence-corrected chi connectivity index (χ0v) is 11.6. The van der Waals surface area contributed by atoms with Crippen molar-refractivity contribution in [1.29, 1.82) is 0 Å². The number of benzene rings is 1. The lowest BCUT2D eigenvalue weighted by atomic mass is 9.99. The maximum Gasteiger partial charge on any atom is 0.251 e. The molecule has 0 bridgehead atoms. The molecule has 1 aliphatic rings. The third-order valence-corrected chi connectivity index (χ3v) is 3.68. The Morgan fingerprint density at radius 3 is 2.60 bits per heavy atom. The SMILES string of the molecule is CCc1ccccc1CNC(=O)C1CN(CC(F)F)C1. The number of aryl methyl sites for hydroxylation is 1. The summed E-state index contributed by atoms with van der Waals surface area (Å²) in [5.41, 5.74) is 2.34. The van der Waals surface area contributed by atoms with Crippen LogP contribution >= 0.6 is 0 Å². The molecule has 1 N–H and O–H groups in total. The molecular formula is C15H20F2N2O. The van der Waals surface area contributed by atoms with E-state index in [0.717, 1.165) is 12.0 Å². The zero-order chi connectivity index (χ0) is 14.5. The Hall–Kier alpha value is -1.49. The summed E-state index contributed by atoms with van der Waals surface area (Å²) in [6, 6.07) is 7.99. The minimum atomic E-state index is -2.32. The van der Waals surface area contributed by atoms with Crippen LogP contribution in [0.1, 0.15) is 18.1 Å². The predicted octanol–water partition coefficient (Wildman–Crippen LogP) is 2.06. The molecule has 0 unspecified atom stereocenters. The number of carbonyl (C=O) groups is 1. The van der Waals surface area contributed by atoms with Gasteiger partial charge >= 0.3 is 0 Å². The van der Waals surface area contributed by atoms with Crippen LogP contribution in [0.2, 0.25) is 0 Å². The Balaban J connectivity index is 1.76. The fourth-order valence-electron chi connectivity index (χ4n) is 2.48. The van der Waals surface area contributed by atoms with Gasteiger partial charge in [0.25, 0.3) is 6.43 Å². The molecule has 110 valence electrons. The van der Waals surface area contributed by atoms with Gasteiger partial charge in [0.15, 0.2) is 0 Å². The molecule has 0 atom stereocenters.